The summed E-state index contributed by atoms with van der Waals surface area (Å²) in [5, 5.41) is 11.2. The van der Waals surface area contributed by atoms with Gasteiger partial charge in [0, 0.05) is 30.7 Å². The first kappa shape index (κ1) is 17.7. The fourth-order valence-electron chi connectivity index (χ4n) is 2.96. The molecule has 8 heteroatoms. The number of ether oxygens (including phenoxy) is 1. The summed E-state index contributed by atoms with van der Waals surface area (Å²) >= 11 is 3.43. The molecule has 1 fully saturated rings. The van der Waals surface area contributed by atoms with Gasteiger partial charge in [0.1, 0.15) is 5.69 Å². The van der Waals surface area contributed by atoms with Gasteiger partial charge in [-0.15, -0.1) is 11.3 Å². The van der Waals surface area contributed by atoms with E-state index in [1.807, 2.05) is 4.68 Å². The first-order valence-electron chi connectivity index (χ1n) is 8.85. The molecule has 0 bridgehead atoms. The van der Waals surface area contributed by atoms with Crippen LogP contribution in [0.15, 0.2) is 29.8 Å². The lowest BCUT2D eigenvalue weighted by Gasteiger charge is -2.26. The minimum atomic E-state index is 0.818. The van der Waals surface area contributed by atoms with Crippen LogP contribution in [0, 0.1) is 6.92 Å². The van der Waals surface area contributed by atoms with Crippen LogP contribution in [0.1, 0.15) is 10.6 Å². The smallest absolute Gasteiger partial charge is 0.183 e. The van der Waals surface area contributed by atoms with E-state index in [2.05, 4.69) is 51.9 Å². The molecule has 1 N–H and O–H groups in total. The zero-order valence-corrected chi connectivity index (χ0v) is 16.5. The van der Waals surface area contributed by atoms with Crippen LogP contribution in [0.5, 0.6) is 0 Å². The maximum Gasteiger partial charge on any atom is 0.183 e. The van der Waals surface area contributed by atoms with Crippen molar-refractivity contribution in [1.29, 1.82) is 0 Å². The summed E-state index contributed by atoms with van der Waals surface area (Å²) in [4.78, 5) is 9.54. The van der Waals surface area contributed by atoms with E-state index in [-0.39, 0.29) is 0 Å². The molecule has 0 aliphatic carbocycles. The Morgan fingerprint density at radius 1 is 1.23 bits per heavy atom. The topological polar surface area (TPSA) is 55.2 Å². The third kappa shape index (κ3) is 4.32. The molecule has 0 spiro atoms. The van der Waals surface area contributed by atoms with Gasteiger partial charge in [-0.2, -0.15) is 5.10 Å². The number of nitrogens with zero attached hydrogens (tertiary/aromatic N) is 4. The molecule has 0 atom stereocenters. The maximum absolute atomic E-state index is 5.40. The molecule has 0 radical (unpaired) electrons. The maximum atomic E-state index is 5.40. The number of morpholine rings is 1. The average Bonchev–Trinajstić information content (AvgIpc) is 3.40. The van der Waals surface area contributed by atoms with Crippen LogP contribution in [0.25, 0.3) is 10.6 Å². The van der Waals surface area contributed by atoms with Crippen molar-refractivity contribution in [1.82, 2.24) is 19.7 Å². The molecule has 1 saturated heterocycles. The van der Waals surface area contributed by atoms with Crippen molar-refractivity contribution in [3.05, 3.63) is 40.3 Å². The summed E-state index contributed by atoms with van der Waals surface area (Å²) < 4.78 is 7.43. The van der Waals surface area contributed by atoms with Crippen LogP contribution in [-0.4, -0.2) is 52.5 Å². The Hall–Kier alpha value is -1.74. The van der Waals surface area contributed by atoms with Crippen molar-refractivity contribution < 1.29 is 4.74 Å². The quantitative estimate of drug-likeness (QED) is 0.672. The van der Waals surface area contributed by atoms with Crippen molar-refractivity contribution in [2.45, 2.75) is 20.0 Å². The van der Waals surface area contributed by atoms with Gasteiger partial charge in [-0.05, 0) is 24.4 Å². The molecule has 0 unspecified atom stereocenters. The molecule has 0 aromatic carbocycles. The second kappa shape index (κ2) is 8.30. The number of thiophene rings is 1. The molecular weight excluding hydrogens is 366 g/mol. The molecule has 4 rings (SSSR count). The van der Waals surface area contributed by atoms with E-state index < -0.39 is 0 Å². The Balaban J connectivity index is 1.37. The Morgan fingerprint density at radius 3 is 2.92 bits per heavy atom. The van der Waals surface area contributed by atoms with Gasteiger partial charge < -0.3 is 10.1 Å². The Kier molecular flexibility index (Phi) is 5.64. The van der Waals surface area contributed by atoms with Gasteiger partial charge in [0.15, 0.2) is 5.13 Å². The standard InChI is InChI=1S/C18H23N5OS2/c1-14-17(26-18(20-14)19-13-15-3-2-12-25-15)16-4-5-23(21-16)7-6-22-8-10-24-11-9-22/h2-5,12H,6-11,13H2,1H3,(H,19,20). The fourth-order valence-corrected chi connectivity index (χ4v) is 4.53. The molecular formula is C18H23N5OS2. The number of thiazole rings is 1. The van der Waals surface area contributed by atoms with E-state index in [0.717, 1.165) is 67.3 Å². The second-order valence-corrected chi connectivity index (χ2v) is 8.32. The van der Waals surface area contributed by atoms with E-state index in [1.54, 1.807) is 22.7 Å². The van der Waals surface area contributed by atoms with Gasteiger partial charge >= 0.3 is 0 Å². The van der Waals surface area contributed by atoms with Crippen molar-refractivity contribution in [2.75, 3.05) is 38.2 Å². The van der Waals surface area contributed by atoms with Crippen LogP contribution in [0.2, 0.25) is 0 Å². The summed E-state index contributed by atoms with van der Waals surface area (Å²) in [6.45, 7) is 8.49. The third-order valence-electron chi connectivity index (χ3n) is 4.41. The molecule has 0 amide bonds. The minimum absolute atomic E-state index is 0.818. The van der Waals surface area contributed by atoms with Gasteiger partial charge in [0.25, 0.3) is 0 Å². The summed E-state index contributed by atoms with van der Waals surface area (Å²) in [5.41, 5.74) is 2.04. The lowest BCUT2D eigenvalue weighted by atomic mass is 10.3. The number of nitrogens with one attached hydrogen (secondary N) is 1. The number of anilines is 1. The zero-order valence-electron chi connectivity index (χ0n) is 14.9. The largest absolute Gasteiger partial charge is 0.379 e. The summed E-state index contributed by atoms with van der Waals surface area (Å²) in [6.07, 6.45) is 2.06. The Labute approximate surface area is 161 Å². The predicted octanol–water partition coefficient (Wildman–Crippen LogP) is 3.32. The lowest BCUT2D eigenvalue weighted by Crippen LogP contribution is -2.38. The van der Waals surface area contributed by atoms with Crippen LogP contribution >= 0.6 is 22.7 Å². The molecule has 26 heavy (non-hydrogen) atoms. The molecule has 4 heterocycles. The number of aryl methyl sites for hydroxylation is 1. The first-order valence-corrected chi connectivity index (χ1v) is 10.5. The third-order valence-corrected chi connectivity index (χ3v) is 6.43. The summed E-state index contributed by atoms with van der Waals surface area (Å²) in [5.74, 6) is 0. The molecule has 6 nitrogen and oxygen atoms in total. The lowest BCUT2D eigenvalue weighted by molar-refractivity contribution is 0.0360. The predicted molar refractivity (Wildman–Crippen MR) is 107 cm³/mol. The highest BCUT2D eigenvalue weighted by molar-refractivity contribution is 7.19. The van der Waals surface area contributed by atoms with E-state index in [9.17, 15) is 0 Å². The highest BCUT2D eigenvalue weighted by Crippen LogP contribution is 2.31. The van der Waals surface area contributed by atoms with Gasteiger partial charge in [-0.25, -0.2) is 4.98 Å². The number of aromatic nitrogens is 3. The second-order valence-electron chi connectivity index (χ2n) is 6.28. The minimum Gasteiger partial charge on any atom is -0.379 e. The highest BCUT2D eigenvalue weighted by atomic mass is 32.1. The van der Waals surface area contributed by atoms with Gasteiger partial charge in [-0.1, -0.05) is 17.4 Å². The van der Waals surface area contributed by atoms with Crippen LogP contribution in [0.3, 0.4) is 0 Å². The first-order chi connectivity index (χ1) is 12.8. The van der Waals surface area contributed by atoms with Crippen molar-refractivity contribution in [2.24, 2.45) is 0 Å². The molecule has 138 valence electrons. The Morgan fingerprint density at radius 2 is 2.12 bits per heavy atom. The van der Waals surface area contributed by atoms with Crippen LogP contribution in [-0.2, 0) is 17.8 Å². The normalized spacial score (nSPS) is 15.4. The van der Waals surface area contributed by atoms with E-state index in [0.29, 0.717) is 0 Å². The summed E-state index contributed by atoms with van der Waals surface area (Å²) in [6, 6.07) is 6.29. The molecule has 3 aromatic heterocycles. The van der Waals surface area contributed by atoms with Gasteiger partial charge in [0.2, 0.25) is 0 Å². The SMILES string of the molecule is Cc1nc(NCc2cccs2)sc1-c1ccn(CCN2CCOCC2)n1. The summed E-state index contributed by atoms with van der Waals surface area (Å²) in [7, 11) is 0. The van der Waals surface area contributed by atoms with Gasteiger partial charge in [0.05, 0.1) is 36.9 Å². The van der Waals surface area contributed by atoms with Crippen molar-refractivity contribution in [3.8, 4) is 10.6 Å². The highest BCUT2D eigenvalue weighted by Gasteiger charge is 2.14. The van der Waals surface area contributed by atoms with Crippen molar-refractivity contribution >= 4 is 27.8 Å². The number of rotatable bonds is 7. The molecule has 3 aromatic rings. The average molecular weight is 390 g/mol. The van der Waals surface area contributed by atoms with E-state index in [4.69, 9.17) is 9.84 Å². The molecule has 1 aliphatic heterocycles. The molecule has 1 aliphatic rings. The number of hydrogen-bond acceptors (Lipinski definition) is 7. The van der Waals surface area contributed by atoms with E-state index >= 15 is 0 Å². The molecule has 0 saturated carbocycles. The van der Waals surface area contributed by atoms with Crippen molar-refractivity contribution in [3.63, 3.8) is 0 Å². The van der Waals surface area contributed by atoms with Gasteiger partial charge in [-0.3, -0.25) is 9.58 Å². The monoisotopic (exact) mass is 389 g/mol. The fraction of sp³-hybridized carbons (Fsp3) is 0.444. The van der Waals surface area contributed by atoms with Crippen LogP contribution in [0.4, 0.5) is 5.13 Å². The van der Waals surface area contributed by atoms with Crippen LogP contribution < -0.4 is 5.32 Å². The Bertz CT molecular complexity index is 821. The number of hydrogen-bond donors (Lipinski definition) is 1. The van der Waals surface area contributed by atoms with E-state index in [1.165, 1.54) is 4.88 Å². The zero-order chi connectivity index (χ0) is 17.8.